The smallest absolute Gasteiger partial charge is 0.294 e. The molecule has 0 N–H and O–H groups in total. The zero-order valence-electron chi connectivity index (χ0n) is 11.2. The van der Waals surface area contributed by atoms with E-state index < -0.39 is 19.8 Å². The third-order valence-electron chi connectivity index (χ3n) is 2.89. The molecule has 0 saturated carbocycles. The Balaban J connectivity index is 2.29. The van der Waals surface area contributed by atoms with Crippen molar-refractivity contribution in [2.24, 2.45) is 5.16 Å². The van der Waals surface area contributed by atoms with E-state index in [1.165, 1.54) is 30.3 Å². The lowest BCUT2D eigenvalue weighted by atomic mass is 9.97. The van der Waals surface area contributed by atoms with E-state index >= 15 is 0 Å². The first kappa shape index (κ1) is 17.7. The molecule has 1 aliphatic carbocycles. The van der Waals surface area contributed by atoms with E-state index in [9.17, 15) is 13.2 Å². The van der Waals surface area contributed by atoms with E-state index in [1.807, 2.05) is 0 Å². The summed E-state index contributed by atoms with van der Waals surface area (Å²) in [4.78, 5) is 10.6. The second-order valence-corrected chi connectivity index (χ2v) is 8.43. The van der Waals surface area contributed by atoms with Crippen LogP contribution in [0.2, 0.25) is 5.02 Å². The van der Waals surface area contributed by atoms with Crippen LogP contribution in [0.5, 0.6) is 0 Å². The average molecular weight is 472 g/mol. The molecule has 1 aromatic rings. The van der Waals surface area contributed by atoms with Crippen molar-refractivity contribution >= 4 is 65.1 Å². The lowest BCUT2D eigenvalue weighted by Crippen LogP contribution is -2.35. The molecule has 0 radical (unpaired) electrons. The monoisotopic (exact) mass is 469 g/mol. The lowest BCUT2D eigenvalue weighted by Gasteiger charge is -2.21. The predicted molar refractivity (Wildman–Crippen MR) is 91.4 cm³/mol. The predicted octanol–water partition coefficient (Wildman–Crippen LogP) is 3.46. The summed E-state index contributed by atoms with van der Waals surface area (Å²) in [6, 6.07) is 5.53. The van der Waals surface area contributed by atoms with Gasteiger partial charge in [-0.15, -0.1) is 0 Å². The highest BCUT2D eigenvalue weighted by molar-refractivity contribution is 9.12. The van der Waals surface area contributed by atoms with E-state index in [-0.39, 0.29) is 10.7 Å². The van der Waals surface area contributed by atoms with Gasteiger partial charge < -0.3 is 0 Å². The van der Waals surface area contributed by atoms with Gasteiger partial charge in [0.25, 0.3) is 0 Å². The second kappa shape index (κ2) is 6.82. The molecule has 1 aliphatic rings. The summed E-state index contributed by atoms with van der Waals surface area (Å²) in [6.45, 7) is 1.65. The van der Waals surface area contributed by atoms with Gasteiger partial charge in [-0.25, -0.2) is 0 Å². The van der Waals surface area contributed by atoms with Crippen molar-refractivity contribution in [2.45, 2.75) is 21.5 Å². The second-order valence-electron chi connectivity index (χ2n) is 4.49. The maximum atomic E-state index is 12.1. The maximum absolute atomic E-state index is 12.1. The van der Waals surface area contributed by atoms with Gasteiger partial charge in [0.2, 0.25) is 0 Å². The molecule has 2 atom stereocenters. The number of carbonyl (C=O) groups is 1. The Morgan fingerprint density at radius 3 is 2.36 bits per heavy atom. The van der Waals surface area contributed by atoms with Crippen LogP contribution in [-0.4, -0.2) is 29.6 Å². The summed E-state index contributed by atoms with van der Waals surface area (Å²) in [6.07, 6.45) is 1.38. The normalized spacial score (nSPS) is 24.3. The molecule has 0 fully saturated rings. The van der Waals surface area contributed by atoms with Gasteiger partial charge in [0.15, 0.2) is 5.78 Å². The summed E-state index contributed by atoms with van der Waals surface area (Å²) in [7, 11) is -4.05. The van der Waals surface area contributed by atoms with E-state index in [4.69, 9.17) is 15.9 Å². The van der Waals surface area contributed by atoms with Crippen LogP contribution < -0.4 is 0 Å². The number of ketones is 1. The summed E-state index contributed by atoms with van der Waals surface area (Å²) in [5.41, 5.74) is 0.868. The first-order valence-electron chi connectivity index (χ1n) is 6.00. The fraction of sp³-hybridized carbons (Fsp3) is 0.231. The number of nitrogens with zero attached hydrogens (tertiary/aromatic N) is 1. The zero-order chi connectivity index (χ0) is 16.5. The highest BCUT2D eigenvalue weighted by atomic mass is 79.9. The molecule has 0 saturated heterocycles. The topological polar surface area (TPSA) is 72.8 Å². The summed E-state index contributed by atoms with van der Waals surface area (Å²) in [5, 5.41) is 4.11. The summed E-state index contributed by atoms with van der Waals surface area (Å²) in [5.74, 6) is -0.126. The van der Waals surface area contributed by atoms with Gasteiger partial charge in [-0.3, -0.25) is 9.08 Å². The molecule has 5 nitrogen and oxygen atoms in total. The Hall–Kier alpha value is -0.700. The summed E-state index contributed by atoms with van der Waals surface area (Å²) < 4.78 is 28.9. The molecule has 0 bridgehead atoms. The van der Waals surface area contributed by atoms with Crippen LogP contribution in [0.3, 0.4) is 0 Å². The number of rotatable bonds is 3. The van der Waals surface area contributed by atoms with Crippen molar-refractivity contribution in [1.29, 1.82) is 0 Å². The number of benzene rings is 1. The molecule has 0 amide bonds. The highest BCUT2D eigenvalue weighted by Gasteiger charge is 2.33. The first-order chi connectivity index (χ1) is 10.2. The number of oxime groups is 1. The molecule has 0 aromatic heterocycles. The Morgan fingerprint density at radius 2 is 1.77 bits per heavy atom. The molecule has 2 rings (SSSR count). The highest BCUT2D eigenvalue weighted by Crippen LogP contribution is 2.26. The number of hydrogen-bond donors (Lipinski definition) is 0. The van der Waals surface area contributed by atoms with E-state index in [0.29, 0.717) is 16.3 Å². The van der Waals surface area contributed by atoms with Gasteiger partial charge in [0, 0.05) is 5.02 Å². The summed E-state index contributed by atoms with van der Waals surface area (Å²) >= 11 is 12.2. The molecule has 0 aliphatic heterocycles. The minimum Gasteiger partial charge on any atom is -0.294 e. The van der Waals surface area contributed by atoms with Gasteiger partial charge in [0.1, 0.15) is 4.90 Å². The lowest BCUT2D eigenvalue weighted by molar-refractivity contribution is -0.113. The van der Waals surface area contributed by atoms with Gasteiger partial charge in [-0.05, 0) is 42.8 Å². The number of allylic oxidation sites excluding steroid dienone is 2. The van der Waals surface area contributed by atoms with Crippen molar-refractivity contribution in [1.82, 2.24) is 0 Å². The molecule has 0 spiro atoms. The Kier molecular flexibility index (Phi) is 5.47. The van der Waals surface area contributed by atoms with Crippen molar-refractivity contribution in [3.8, 4) is 0 Å². The standard InChI is InChI=1S/C13H10Br2ClNO4S/c1-7-6-10(18)11(14)12(15)13(7)17-21-22(19,20)9-4-2-8(16)3-5-9/h2-6,11-12H,1H3. The van der Waals surface area contributed by atoms with Crippen LogP contribution >= 0.6 is 43.5 Å². The molecular weight excluding hydrogens is 461 g/mol. The van der Waals surface area contributed by atoms with Crippen LogP contribution in [0.1, 0.15) is 6.92 Å². The molecule has 22 heavy (non-hydrogen) atoms. The Bertz CT molecular complexity index is 759. The van der Waals surface area contributed by atoms with Crippen LogP contribution in [0.15, 0.2) is 46.0 Å². The number of carbonyl (C=O) groups excluding carboxylic acids is 1. The van der Waals surface area contributed by atoms with Gasteiger partial charge in [-0.1, -0.05) is 48.6 Å². The van der Waals surface area contributed by atoms with Crippen LogP contribution in [0, 0.1) is 0 Å². The van der Waals surface area contributed by atoms with Crippen molar-refractivity contribution < 1.29 is 17.5 Å². The van der Waals surface area contributed by atoms with Crippen LogP contribution in [0.25, 0.3) is 0 Å². The average Bonchev–Trinajstić information content (AvgIpc) is 2.45. The van der Waals surface area contributed by atoms with Crippen LogP contribution in [-0.2, 0) is 19.2 Å². The first-order valence-corrected chi connectivity index (χ1v) is 9.62. The molecule has 9 heteroatoms. The number of hydrogen-bond acceptors (Lipinski definition) is 5. The Labute approximate surface area is 149 Å². The van der Waals surface area contributed by atoms with E-state index in [1.54, 1.807) is 6.92 Å². The van der Waals surface area contributed by atoms with Crippen molar-refractivity contribution in [2.75, 3.05) is 0 Å². The van der Waals surface area contributed by atoms with Gasteiger partial charge in [-0.2, -0.15) is 8.42 Å². The Morgan fingerprint density at radius 1 is 1.18 bits per heavy atom. The van der Waals surface area contributed by atoms with Crippen molar-refractivity contribution in [3.05, 3.63) is 40.9 Å². The molecule has 0 heterocycles. The maximum Gasteiger partial charge on any atom is 0.358 e. The quantitative estimate of drug-likeness (QED) is 0.500. The number of halogens is 3. The van der Waals surface area contributed by atoms with E-state index in [2.05, 4.69) is 37.0 Å². The number of alkyl halides is 2. The zero-order valence-corrected chi connectivity index (χ0v) is 15.9. The SMILES string of the molecule is CC1=CC(=O)C(Br)C(Br)C1=NOS(=O)(=O)c1ccc(Cl)cc1. The fourth-order valence-corrected chi connectivity index (χ4v) is 3.67. The molecule has 1 aromatic carbocycles. The van der Waals surface area contributed by atoms with Crippen LogP contribution in [0.4, 0.5) is 0 Å². The van der Waals surface area contributed by atoms with E-state index in [0.717, 1.165) is 0 Å². The third kappa shape index (κ3) is 3.79. The van der Waals surface area contributed by atoms with Crippen molar-refractivity contribution in [3.63, 3.8) is 0 Å². The largest absolute Gasteiger partial charge is 0.358 e. The minimum absolute atomic E-state index is 0.0590. The molecular formula is C13H10Br2ClNO4S. The van der Waals surface area contributed by atoms with Gasteiger partial charge in [0.05, 0.1) is 15.4 Å². The van der Waals surface area contributed by atoms with Gasteiger partial charge >= 0.3 is 10.1 Å². The fourth-order valence-electron chi connectivity index (χ4n) is 1.72. The minimum atomic E-state index is -4.05. The third-order valence-corrected chi connectivity index (χ3v) is 6.91. The molecule has 118 valence electrons. The molecule has 2 unspecified atom stereocenters.